The summed E-state index contributed by atoms with van der Waals surface area (Å²) in [6.45, 7) is 0.475. The first-order chi connectivity index (χ1) is 9.51. The molecule has 0 saturated carbocycles. The van der Waals surface area contributed by atoms with Crippen LogP contribution in [0.4, 0.5) is 0 Å². The van der Waals surface area contributed by atoms with Crippen molar-refractivity contribution in [3.63, 3.8) is 0 Å². The van der Waals surface area contributed by atoms with Gasteiger partial charge in [0.15, 0.2) is 0 Å². The largest absolute Gasteiger partial charge is 0.315 e. The summed E-state index contributed by atoms with van der Waals surface area (Å²) < 4.78 is 27.7. The summed E-state index contributed by atoms with van der Waals surface area (Å²) in [6, 6.07) is 5.19. The number of pyridine rings is 1. The van der Waals surface area contributed by atoms with Gasteiger partial charge in [-0.15, -0.1) is 0 Å². The third-order valence-electron chi connectivity index (χ3n) is 3.53. The summed E-state index contributed by atoms with van der Waals surface area (Å²) in [4.78, 5) is 4.35. The van der Waals surface area contributed by atoms with Gasteiger partial charge in [-0.3, -0.25) is 4.98 Å². The van der Waals surface area contributed by atoms with Crippen LogP contribution in [-0.4, -0.2) is 30.4 Å². The van der Waals surface area contributed by atoms with Gasteiger partial charge < -0.3 is 5.73 Å². The lowest BCUT2D eigenvalue weighted by molar-refractivity contribution is 0.396. The molecule has 20 heavy (non-hydrogen) atoms. The number of sulfonamides is 1. The molecule has 5 nitrogen and oxygen atoms in total. The Bertz CT molecular complexity index is 758. The first kappa shape index (κ1) is 13.9. The molecule has 1 unspecified atom stereocenters. The minimum Gasteiger partial charge on any atom is -0.315 e. The normalized spacial score (nSPS) is 20.6. The summed E-state index contributed by atoms with van der Waals surface area (Å²) in [7, 11) is -3.59. The van der Waals surface area contributed by atoms with Crippen molar-refractivity contribution in [1.29, 1.82) is 0 Å². The highest BCUT2D eigenvalue weighted by Gasteiger charge is 2.34. The predicted molar refractivity (Wildman–Crippen MR) is 80.5 cm³/mol. The van der Waals surface area contributed by atoms with Crippen LogP contribution >= 0.6 is 15.9 Å². The van der Waals surface area contributed by atoms with E-state index in [9.17, 15) is 8.42 Å². The van der Waals surface area contributed by atoms with Crippen molar-refractivity contribution < 1.29 is 8.42 Å². The number of halogens is 1. The van der Waals surface area contributed by atoms with E-state index in [0.717, 1.165) is 11.8 Å². The van der Waals surface area contributed by atoms with E-state index in [1.54, 1.807) is 24.5 Å². The lowest BCUT2D eigenvalue weighted by atomic mass is 10.2. The van der Waals surface area contributed by atoms with E-state index in [4.69, 9.17) is 5.73 Å². The van der Waals surface area contributed by atoms with E-state index in [-0.39, 0.29) is 4.90 Å². The molecule has 2 aromatic rings. The average molecular weight is 356 g/mol. The van der Waals surface area contributed by atoms with E-state index < -0.39 is 16.2 Å². The summed E-state index contributed by atoms with van der Waals surface area (Å²) in [6.07, 6.45) is 4.32. The molecule has 1 saturated heterocycles. The zero-order valence-corrected chi connectivity index (χ0v) is 13.1. The van der Waals surface area contributed by atoms with Gasteiger partial charge in [-0.2, -0.15) is 4.31 Å². The van der Waals surface area contributed by atoms with Crippen LogP contribution in [-0.2, 0) is 10.0 Å². The maximum atomic E-state index is 12.8. The van der Waals surface area contributed by atoms with Gasteiger partial charge in [0.25, 0.3) is 0 Å². The van der Waals surface area contributed by atoms with Gasteiger partial charge in [0.2, 0.25) is 10.0 Å². The molecule has 1 atom stereocenters. The molecule has 0 aliphatic carbocycles. The highest BCUT2D eigenvalue weighted by atomic mass is 79.9. The van der Waals surface area contributed by atoms with Gasteiger partial charge in [0.05, 0.1) is 11.1 Å². The number of rotatable bonds is 2. The SMILES string of the molecule is NC1CCCN1S(=O)(=O)c1cccc2cncc(Br)c12. The van der Waals surface area contributed by atoms with Crippen LogP contribution in [0.3, 0.4) is 0 Å². The van der Waals surface area contributed by atoms with Gasteiger partial charge in [0.1, 0.15) is 0 Å². The van der Waals surface area contributed by atoms with E-state index in [1.807, 2.05) is 6.07 Å². The van der Waals surface area contributed by atoms with Crippen LogP contribution in [0.1, 0.15) is 12.8 Å². The highest BCUT2D eigenvalue weighted by Crippen LogP contribution is 2.32. The van der Waals surface area contributed by atoms with Crippen molar-refractivity contribution >= 4 is 36.7 Å². The molecule has 2 heterocycles. The Kier molecular flexibility index (Phi) is 3.53. The van der Waals surface area contributed by atoms with Gasteiger partial charge >= 0.3 is 0 Å². The maximum absolute atomic E-state index is 12.8. The first-order valence-electron chi connectivity index (χ1n) is 6.31. The molecule has 1 aromatic heterocycles. The second-order valence-electron chi connectivity index (χ2n) is 4.80. The van der Waals surface area contributed by atoms with E-state index >= 15 is 0 Å². The lowest BCUT2D eigenvalue weighted by Crippen LogP contribution is -2.40. The zero-order valence-electron chi connectivity index (χ0n) is 10.7. The second-order valence-corrected chi connectivity index (χ2v) is 7.51. The predicted octanol–water partition coefficient (Wildman–Crippen LogP) is 2.07. The average Bonchev–Trinajstić information content (AvgIpc) is 2.85. The van der Waals surface area contributed by atoms with Crippen molar-refractivity contribution in [3.8, 4) is 0 Å². The highest BCUT2D eigenvalue weighted by molar-refractivity contribution is 9.10. The van der Waals surface area contributed by atoms with Crippen molar-refractivity contribution in [2.24, 2.45) is 5.73 Å². The quantitative estimate of drug-likeness (QED) is 0.894. The molecular weight excluding hydrogens is 342 g/mol. The van der Waals surface area contributed by atoms with E-state index in [1.165, 1.54) is 4.31 Å². The van der Waals surface area contributed by atoms with Crippen LogP contribution in [0, 0.1) is 0 Å². The molecule has 3 rings (SSSR count). The number of nitrogens with two attached hydrogens (primary N) is 1. The standard InChI is InChI=1S/C13H14BrN3O2S/c14-10-8-16-7-9-3-1-4-11(13(9)10)20(18,19)17-6-2-5-12(17)15/h1,3-4,7-8,12H,2,5-6,15H2. The Morgan fingerprint density at radius 3 is 2.85 bits per heavy atom. The Labute approximate surface area is 126 Å². The molecule has 1 aliphatic rings. The fourth-order valence-corrected chi connectivity index (χ4v) is 5.08. The molecule has 1 aromatic carbocycles. The van der Waals surface area contributed by atoms with Gasteiger partial charge in [0, 0.05) is 34.2 Å². The molecule has 1 aliphatic heterocycles. The monoisotopic (exact) mass is 355 g/mol. The first-order valence-corrected chi connectivity index (χ1v) is 8.55. The van der Waals surface area contributed by atoms with Gasteiger partial charge in [-0.05, 0) is 34.8 Å². The lowest BCUT2D eigenvalue weighted by Gasteiger charge is -2.21. The van der Waals surface area contributed by atoms with Crippen LogP contribution < -0.4 is 5.73 Å². The minimum atomic E-state index is -3.59. The smallest absolute Gasteiger partial charge is 0.245 e. The Morgan fingerprint density at radius 2 is 2.15 bits per heavy atom. The molecular formula is C13H14BrN3O2S. The third kappa shape index (κ3) is 2.14. The topological polar surface area (TPSA) is 76.3 Å². The maximum Gasteiger partial charge on any atom is 0.245 e. The van der Waals surface area contributed by atoms with Crippen LogP contribution in [0.5, 0.6) is 0 Å². The summed E-state index contributed by atoms with van der Waals surface area (Å²) in [5, 5.41) is 1.44. The summed E-state index contributed by atoms with van der Waals surface area (Å²) in [5.41, 5.74) is 5.91. The number of fused-ring (bicyclic) bond motifs is 1. The third-order valence-corrected chi connectivity index (χ3v) is 6.10. The molecule has 1 fully saturated rings. The summed E-state index contributed by atoms with van der Waals surface area (Å²) in [5.74, 6) is 0. The number of hydrogen-bond donors (Lipinski definition) is 1. The minimum absolute atomic E-state index is 0.279. The second kappa shape index (κ2) is 5.07. The molecule has 0 radical (unpaired) electrons. The number of aromatic nitrogens is 1. The Hall–Kier alpha value is -1.02. The Morgan fingerprint density at radius 1 is 1.35 bits per heavy atom. The molecule has 2 N–H and O–H groups in total. The fourth-order valence-electron chi connectivity index (χ4n) is 2.56. The van der Waals surface area contributed by atoms with Gasteiger partial charge in [-0.25, -0.2) is 8.42 Å². The van der Waals surface area contributed by atoms with Crippen molar-refractivity contribution in [3.05, 3.63) is 35.1 Å². The number of hydrogen-bond acceptors (Lipinski definition) is 4. The van der Waals surface area contributed by atoms with Crippen LogP contribution in [0.15, 0.2) is 40.0 Å². The molecule has 0 spiro atoms. The molecule has 7 heteroatoms. The van der Waals surface area contributed by atoms with Crippen LogP contribution in [0.2, 0.25) is 0 Å². The fraction of sp³-hybridized carbons (Fsp3) is 0.308. The number of nitrogens with zero attached hydrogens (tertiary/aromatic N) is 2. The van der Waals surface area contributed by atoms with E-state index in [0.29, 0.717) is 22.8 Å². The van der Waals surface area contributed by atoms with Crippen molar-refractivity contribution in [1.82, 2.24) is 9.29 Å². The zero-order chi connectivity index (χ0) is 14.3. The van der Waals surface area contributed by atoms with Crippen LogP contribution in [0.25, 0.3) is 10.8 Å². The van der Waals surface area contributed by atoms with E-state index in [2.05, 4.69) is 20.9 Å². The molecule has 0 bridgehead atoms. The van der Waals surface area contributed by atoms with Crippen molar-refractivity contribution in [2.75, 3.05) is 6.54 Å². The van der Waals surface area contributed by atoms with Crippen molar-refractivity contribution in [2.45, 2.75) is 23.9 Å². The Balaban J connectivity index is 2.24. The molecule has 0 amide bonds. The van der Waals surface area contributed by atoms with Gasteiger partial charge in [-0.1, -0.05) is 12.1 Å². The number of benzene rings is 1. The summed E-state index contributed by atoms with van der Waals surface area (Å²) >= 11 is 3.39. The molecule has 106 valence electrons.